The zero-order chi connectivity index (χ0) is 14.8. The van der Waals surface area contributed by atoms with Gasteiger partial charge in [0.25, 0.3) is 0 Å². The highest BCUT2D eigenvalue weighted by Gasteiger charge is 2.06. The summed E-state index contributed by atoms with van der Waals surface area (Å²) in [6, 6.07) is 1.63. The number of aromatic nitrogens is 1. The Morgan fingerprint density at radius 2 is 1.60 bits per heavy atom. The molecule has 0 bridgehead atoms. The number of nitrogens with one attached hydrogen (secondary N) is 1. The Bertz CT molecular complexity index is 397. The third kappa shape index (κ3) is 6.67. The lowest BCUT2D eigenvalue weighted by Crippen LogP contribution is -2.05. The first kappa shape index (κ1) is 17.4. The van der Waals surface area contributed by atoms with E-state index < -0.39 is 0 Å². The molecule has 0 unspecified atom stereocenters. The lowest BCUT2D eigenvalue weighted by Gasteiger charge is -2.09. The molecular formula is C15H25Cl2N3. The number of unbranched alkanes of at least 4 members (excludes halogenated alkanes) is 7. The van der Waals surface area contributed by atoms with Crippen molar-refractivity contribution < 1.29 is 0 Å². The Morgan fingerprint density at radius 1 is 1.00 bits per heavy atom. The van der Waals surface area contributed by atoms with Gasteiger partial charge in [-0.25, -0.2) is 4.98 Å². The first-order valence-electron chi connectivity index (χ1n) is 7.50. The Hall–Kier alpha value is -0.670. The van der Waals surface area contributed by atoms with Crippen molar-refractivity contribution in [1.29, 1.82) is 0 Å². The fraction of sp³-hybridized carbons (Fsp3) is 0.667. The van der Waals surface area contributed by atoms with Crippen LogP contribution in [-0.2, 0) is 0 Å². The van der Waals surface area contributed by atoms with Gasteiger partial charge in [0.1, 0.15) is 11.6 Å². The molecule has 114 valence electrons. The van der Waals surface area contributed by atoms with Gasteiger partial charge in [0.15, 0.2) is 0 Å². The van der Waals surface area contributed by atoms with Gasteiger partial charge in [-0.2, -0.15) is 0 Å². The van der Waals surface area contributed by atoms with E-state index in [1.165, 1.54) is 44.9 Å². The van der Waals surface area contributed by atoms with E-state index >= 15 is 0 Å². The van der Waals surface area contributed by atoms with Crippen LogP contribution in [0, 0.1) is 0 Å². The zero-order valence-electron chi connectivity index (χ0n) is 12.2. The smallest absolute Gasteiger partial charge is 0.147 e. The highest BCUT2D eigenvalue weighted by Crippen LogP contribution is 2.27. The maximum atomic E-state index is 6.05. The normalized spacial score (nSPS) is 10.8. The van der Waals surface area contributed by atoms with Gasteiger partial charge in [0.2, 0.25) is 0 Å². The molecule has 3 nitrogen and oxygen atoms in total. The molecule has 0 aliphatic carbocycles. The monoisotopic (exact) mass is 317 g/mol. The van der Waals surface area contributed by atoms with Gasteiger partial charge in [-0.1, -0.05) is 75.1 Å². The van der Waals surface area contributed by atoms with E-state index in [1.807, 2.05) is 0 Å². The van der Waals surface area contributed by atoms with Crippen LogP contribution >= 0.6 is 23.2 Å². The van der Waals surface area contributed by atoms with Crippen molar-refractivity contribution in [2.75, 3.05) is 17.6 Å². The van der Waals surface area contributed by atoms with E-state index in [0.717, 1.165) is 13.0 Å². The molecule has 0 saturated carbocycles. The molecule has 0 fully saturated rings. The van der Waals surface area contributed by atoms with Crippen LogP contribution in [0.15, 0.2) is 6.07 Å². The number of nitrogen functional groups attached to an aromatic ring is 1. The van der Waals surface area contributed by atoms with Crippen molar-refractivity contribution in [3.63, 3.8) is 0 Å². The van der Waals surface area contributed by atoms with Gasteiger partial charge < -0.3 is 11.1 Å². The van der Waals surface area contributed by atoms with Crippen LogP contribution in [0.5, 0.6) is 0 Å². The molecule has 0 amide bonds. The van der Waals surface area contributed by atoms with Crippen molar-refractivity contribution >= 4 is 34.8 Å². The van der Waals surface area contributed by atoms with E-state index in [2.05, 4.69) is 17.2 Å². The standard InChI is InChI=1S/C15H25Cl2N3/c1-2-3-4-5-6-7-8-9-10-19-15-13(17)11-12(16)14(18)20-15/h11H,2-10H2,1H3,(H3,18,19,20). The fourth-order valence-corrected chi connectivity index (χ4v) is 2.50. The van der Waals surface area contributed by atoms with E-state index in [4.69, 9.17) is 28.9 Å². The molecule has 1 aromatic heterocycles. The number of hydrogen-bond donors (Lipinski definition) is 2. The third-order valence-corrected chi connectivity index (χ3v) is 3.87. The van der Waals surface area contributed by atoms with Crippen LogP contribution < -0.4 is 11.1 Å². The number of nitrogens with zero attached hydrogens (tertiary/aromatic N) is 1. The Balaban J connectivity index is 2.11. The molecular weight excluding hydrogens is 293 g/mol. The van der Waals surface area contributed by atoms with Crippen LogP contribution in [0.25, 0.3) is 0 Å². The molecule has 0 saturated heterocycles. The molecule has 0 aromatic carbocycles. The van der Waals surface area contributed by atoms with Crippen molar-refractivity contribution in [2.24, 2.45) is 0 Å². The summed E-state index contributed by atoms with van der Waals surface area (Å²) in [6.07, 6.45) is 10.4. The number of anilines is 2. The summed E-state index contributed by atoms with van der Waals surface area (Å²) in [5.41, 5.74) is 5.66. The topological polar surface area (TPSA) is 50.9 Å². The van der Waals surface area contributed by atoms with Gasteiger partial charge in [-0.3, -0.25) is 0 Å². The molecule has 0 radical (unpaired) electrons. The zero-order valence-corrected chi connectivity index (χ0v) is 13.7. The van der Waals surface area contributed by atoms with Gasteiger partial charge in [-0.15, -0.1) is 0 Å². The number of pyridine rings is 1. The summed E-state index contributed by atoms with van der Waals surface area (Å²) < 4.78 is 0. The van der Waals surface area contributed by atoms with E-state index in [0.29, 0.717) is 21.7 Å². The number of halogens is 2. The lowest BCUT2D eigenvalue weighted by atomic mass is 10.1. The van der Waals surface area contributed by atoms with Gasteiger partial charge in [-0.05, 0) is 12.5 Å². The van der Waals surface area contributed by atoms with Gasteiger partial charge in [0.05, 0.1) is 10.0 Å². The molecule has 1 aromatic rings. The van der Waals surface area contributed by atoms with E-state index in [1.54, 1.807) is 6.07 Å². The first-order valence-corrected chi connectivity index (χ1v) is 8.26. The largest absolute Gasteiger partial charge is 0.382 e. The van der Waals surface area contributed by atoms with Crippen molar-refractivity contribution in [1.82, 2.24) is 4.98 Å². The van der Waals surface area contributed by atoms with E-state index in [-0.39, 0.29) is 0 Å². The maximum absolute atomic E-state index is 6.05. The minimum Gasteiger partial charge on any atom is -0.382 e. The SMILES string of the molecule is CCCCCCCCCCNc1nc(N)c(Cl)cc1Cl. The quantitative estimate of drug-likeness (QED) is 0.558. The van der Waals surface area contributed by atoms with Crippen molar-refractivity contribution in [3.8, 4) is 0 Å². The molecule has 0 aliphatic rings. The third-order valence-electron chi connectivity index (χ3n) is 3.28. The highest BCUT2D eigenvalue weighted by atomic mass is 35.5. The average Bonchev–Trinajstić information content (AvgIpc) is 2.42. The first-order chi connectivity index (χ1) is 9.65. The Labute approximate surface area is 132 Å². The van der Waals surface area contributed by atoms with Crippen LogP contribution in [0.3, 0.4) is 0 Å². The van der Waals surface area contributed by atoms with Crippen LogP contribution in [-0.4, -0.2) is 11.5 Å². The summed E-state index contributed by atoms with van der Waals surface area (Å²) in [6.45, 7) is 3.11. The summed E-state index contributed by atoms with van der Waals surface area (Å²) in [7, 11) is 0. The molecule has 3 N–H and O–H groups in total. The van der Waals surface area contributed by atoms with Crippen LogP contribution in [0.2, 0.25) is 10.0 Å². The van der Waals surface area contributed by atoms with Crippen LogP contribution in [0.1, 0.15) is 58.3 Å². The van der Waals surface area contributed by atoms with Crippen molar-refractivity contribution in [2.45, 2.75) is 58.3 Å². The summed E-state index contributed by atoms with van der Waals surface area (Å²) in [4.78, 5) is 4.14. The average molecular weight is 318 g/mol. The second-order valence-corrected chi connectivity index (χ2v) is 5.90. The van der Waals surface area contributed by atoms with Crippen LogP contribution in [0.4, 0.5) is 11.6 Å². The summed E-state index contributed by atoms with van der Waals surface area (Å²) in [5.74, 6) is 0.936. The fourth-order valence-electron chi connectivity index (χ4n) is 2.07. The molecule has 1 heterocycles. The molecule has 0 spiro atoms. The molecule has 5 heteroatoms. The molecule has 0 aliphatic heterocycles. The Morgan fingerprint density at radius 3 is 2.25 bits per heavy atom. The maximum Gasteiger partial charge on any atom is 0.147 e. The lowest BCUT2D eigenvalue weighted by molar-refractivity contribution is 0.581. The number of rotatable bonds is 10. The Kier molecular flexibility index (Phi) is 8.79. The predicted molar refractivity (Wildman–Crippen MR) is 89.8 cm³/mol. The summed E-state index contributed by atoms with van der Waals surface area (Å²) >= 11 is 11.9. The van der Waals surface area contributed by atoms with Gasteiger partial charge in [0, 0.05) is 6.54 Å². The number of hydrogen-bond acceptors (Lipinski definition) is 3. The summed E-state index contributed by atoms with van der Waals surface area (Å²) in [5, 5.41) is 4.12. The highest BCUT2D eigenvalue weighted by molar-refractivity contribution is 6.37. The molecule has 20 heavy (non-hydrogen) atoms. The minimum absolute atomic E-state index is 0.314. The second-order valence-electron chi connectivity index (χ2n) is 5.09. The predicted octanol–water partition coefficient (Wildman–Crippen LogP) is 5.52. The van der Waals surface area contributed by atoms with Crippen molar-refractivity contribution in [3.05, 3.63) is 16.1 Å². The number of nitrogens with two attached hydrogens (primary N) is 1. The van der Waals surface area contributed by atoms with Gasteiger partial charge >= 0.3 is 0 Å². The van der Waals surface area contributed by atoms with E-state index in [9.17, 15) is 0 Å². The minimum atomic E-state index is 0.314. The molecule has 0 atom stereocenters. The second kappa shape index (κ2) is 10.1. The molecule has 1 rings (SSSR count).